The summed E-state index contributed by atoms with van der Waals surface area (Å²) >= 11 is 5.99. The Kier molecular flexibility index (Phi) is 3.47. The van der Waals surface area contributed by atoms with E-state index in [2.05, 4.69) is 25.8 Å². The van der Waals surface area contributed by atoms with E-state index < -0.39 is 0 Å². The van der Waals surface area contributed by atoms with Crippen LogP contribution < -0.4 is 5.32 Å². The van der Waals surface area contributed by atoms with Gasteiger partial charge in [0.1, 0.15) is 5.82 Å². The quantitative estimate of drug-likeness (QED) is 0.754. The minimum Gasteiger partial charge on any atom is -0.383 e. The second-order valence-corrected chi connectivity index (χ2v) is 3.79. The zero-order valence-electron chi connectivity index (χ0n) is 8.67. The van der Waals surface area contributed by atoms with Gasteiger partial charge in [-0.3, -0.25) is 4.98 Å². The lowest BCUT2D eigenvalue weighted by Gasteiger charge is -2.10. The highest BCUT2D eigenvalue weighted by molar-refractivity contribution is 6.21. The molecule has 0 amide bonds. The number of anilines is 1. The molecule has 2 aromatic rings. The summed E-state index contributed by atoms with van der Waals surface area (Å²) in [6.07, 6.45) is 3.22. The topological polar surface area (TPSA) is 77.2 Å². The summed E-state index contributed by atoms with van der Waals surface area (Å²) in [7, 11) is 1.61. The van der Waals surface area contributed by atoms with Crippen molar-refractivity contribution in [1.82, 2.24) is 25.0 Å². The highest BCUT2D eigenvalue weighted by Crippen LogP contribution is 2.06. The Hall–Kier alpha value is -1.47. The number of nitrogens with one attached hydrogen (secondary N) is 1. The highest BCUT2D eigenvalue weighted by atomic mass is 35.5. The predicted octanol–water partition coefficient (Wildman–Crippen LogP) is 0.185. The maximum absolute atomic E-state index is 5.99. The monoisotopic (exact) mass is 242 g/mol. The van der Waals surface area contributed by atoms with Crippen LogP contribution in [-0.4, -0.2) is 50.7 Å². The highest BCUT2D eigenvalue weighted by Gasteiger charge is 2.07. The number of hydrogen-bond donors (Lipinski definition) is 1. The first-order valence-electron chi connectivity index (χ1n) is 4.70. The Morgan fingerprint density at radius 3 is 3.25 bits per heavy atom. The van der Waals surface area contributed by atoms with E-state index in [-0.39, 0.29) is 5.38 Å². The summed E-state index contributed by atoms with van der Waals surface area (Å²) in [6, 6.07) is 0. The van der Waals surface area contributed by atoms with Crippen LogP contribution in [0.4, 0.5) is 5.82 Å². The average Bonchev–Trinajstić information content (AvgIpc) is 2.75. The van der Waals surface area contributed by atoms with Gasteiger partial charge < -0.3 is 10.1 Å². The molecule has 0 aromatic carbocycles. The number of ether oxygens (including phenoxy) is 1. The third kappa shape index (κ3) is 2.37. The standard InChI is InChI=1S/C8H11ClN6O/c1-16-5-6(9)2-11-7-3-10-4-8-12-13-14-15(7)8/h3-4,6,11H,2,5H2,1H3. The fourth-order valence-corrected chi connectivity index (χ4v) is 1.45. The van der Waals surface area contributed by atoms with Gasteiger partial charge in [-0.25, -0.2) is 0 Å². The van der Waals surface area contributed by atoms with Crippen molar-refractivity contribution in [1.29, 1.82) is 0 Å². The number of methoxy groups -OCH3 is 1. The molecule has 0 aliphatic rings. The average molecular weight is 243 g/mol. The van der Waals surface area contributed by atoms with Crippen LogP contribution in [-0.2, 0) is 4.74 Å². The maximum atomic E-state index is 5.99. The van der Waals surface area contributed by atoms with Crippen molar-refractivity contribution < 1.29 is 4.74 Å². The molecule has 1 atom stereocenters. The third-order valence-corrected chi connectivity index (χ3v) is 2.24. The van der Waals surface area contributed by atoms with Gasteiger partial charge >= 0.3 is 0 Å². The first-order chi connectivity index (χ1) is 7.81. The van der Waals surface area contributed by atoms with Crippen molar-refractivity contribution in [3.05, 3.63) is 12.4 Å². The molecular formula is C8H11ClN6O. The molecule has 0 fully saturated rings. The Morgan fingerprint density at radius 2 is 2.44 bits per heavy atom. The van der Waals surface area contributed by atoms with Crippen LogP contribution in [0.25, 0.3) is 5.65 Å². The van der Waals surface area contributed by atoms with E-state index >= 15 is 0 Å². The van der Waals surface area contributed by atoms with Crippen molar-refractivity contribution in [2.24, 2.45) is 0 Å². The van der Waals surface area contributed by atoms with E-state index in [4.69, 9.17) is 16.3 Å². The van der Waals surface area contributed by atoms with Gasteiger partial charge in [-0.2, -0.15) is 4.52 Å². The molecule has 0 aliphatic heterocycles. The van der Waals surface area contributed by atoms with Gasteiger partial charge in [0.15, 0.2) is 5.65 Å². The molecule has 8 heteroatoms. The van der Waals surface area contributed by atoms with Crippen molar-refractivity contribution in [2.75, 3.05) is 25.6 Å². The number of nitrogens with zero attached hydrogens (tertiary/aromatic N) is 5. The number of fused-ring (bicyclic) bond motifs is 1. The van der Waals surface area contributed by atoms with E-state index in [1.807, 2.05) is 0 Å². The molecule has 0 aliphatic carbocycles. The lowest BCUT2D eigenvalue weighted by Crippen LogP contribution is -2.20. The smallest absolute Gasteiger partial charge is 0.199 e. The molecule has 2 heterocycles. The molecule has 0 bridgehead atoms. The molecule has 7 nitrogen and oxygen atoms in total. The number of halogens is 1. The minimum absolute atomic E-state index is 0.114. The van der Waals surface area contributed by atoms with Gasteiger partial charge in [-0.05, 0) is 10.4 Å². The lowest BCUT2D eigenvalue weighted by molar-refractivity contribution is 0.200. The number of hydrogen-bond acceptors (Lipinski definition) is 6. The third-order valence-electron chi connectivity index (χ3n) is 1.96. The Morgan fingerprint density at radius 1 is 1.56 bits per heavy atom. The molecule has 0 saturated heterocycles. The zero-order valence-corrected chi connectivity index (χ0v) is 9.42. The molecule has 0 spiro atoms. The van der Waals surface area contributed by atoms with E-state index in [9.17, 15) is 0 Å². The van der Waals surface area contributed by atoms with Crippen molar-refractivity contribution >= 4 is 23.1 Å². The molecule has 86 valence electrons. The molecule has 2 rings (SSSR count). The summed E-state index contributed by atoms with van der Waals surface area (Å²) in [5, 5.41) is 14.1. The van der Waals surface area contributed by atoms with Gasteiger partial charge in [0.2, 0.25) is 0 Å². The molecule has 0 saturated carbocycles. The maximum Gasteiger partial charge on any atom is 0.199 e. The van der Waals surface area contributed by atoms with Crippen molar-refractivity contribution in [3.63, 3.8) is 0 Å². The van der Waals surface area contributed by atoms with Crippen LogP contribution in [0.15, 0.2) is 12.4 Å². The Labute approximate surface area is 96.8 Å². The Balaban J connectivity index is 2.06. The van der Waals surface area contributed by atoms with Crippen LogP contribution in [0.1, 0.15) is 0 Å². The molecule has 16 heavy (non-hydrogen) atoms. The van der Waals surface area contributed by atoms with E-state index in [1.54, 1.807) is 24.0 Å². The first kappa shape index (κ1) is 11.0. The van der Waals surface area contributed by atoms with Gasteiger partial charge in [0.25, 0.3) is 0 Å². The van der Waals surface area contributed by atoms with Crippen LogP contribution in [0.5, 0.6) is 0 Å². The molecule has 0 radical (unpaired) electrons. The molecule has 1 N–H and O–H groups in total. The second kappa shape index (κ2) is 5.04. The van der Waals surface area contributed by atoms with Crippen LogP contribution in [0, 0.1) is 0 Å². The van der Waals surface area contributed by atoms with E-state index in [0.717, 1.165) is 0 Å². The minimum atomic E-state index is -0.114. The van der Waals surface area contributed by atoms with Crippen molar-refractivity contribution in [2.45, 2.75) is 5.38 Å². The van der Waals surface area contributed by atoms with E-state index in [1.165, 1.54) is 0 Å². The summed E-state index contributed by atoms with van der Waals surface area (Å²) < 4.78 is 6.49. The van der Waals surface area contributed by atoms with Gasteiger partial charge in [0.05, 0.1) is 24.4 Å². The summed E-state index contributed by atoms with van der Waals surface area (Å²) in [5.74, 6) is 0.698. The number of tetrazole rings is 1. The summed E-state index contributed by atoms with van der Waals surface area (Å²) in [6.45, 7) is 1.03. The van der Waals surface area contributed by atoms with E-state index in [0.29, 0.717) is 24.6 Å². The zero-order chi connectivity index (χ0) is 11.4. The SMILES string of the molecule is COCC(Cl)CNc1cncc2nnnn12. The lowest BCUT2D eigenvalue weighted by atomic mass is 10.4. The second-order valence-electron chi connectivity index (χ2n) is 3.17. The van der Waals surface area contributed by atoms with Gasteiger partial charge in [-0.15, -0.1) is 16.7 Å². The van der Waals surface area contributed by atoms with Crippen molar-refractivity contribution in [3.8, 4) is 0 Å². The number of aromatic nitrogens is 5. The molecule has 2 aromatic heterocycles. The van der Waals surface area contributed by atoms with Crippen LogP contribution in [0.3, 0.4) is 0 Å². The largest absolute Gasteiger partial charge is 0.383 e. The Bertz CT molecular complexity index is 460. The fraction of sp³-hybridized carbons (Fsp3) is 0.500. The predicted molar refractivity (Wildman–Crippen MR) is 58.6 cm³/mol. The van der Waals surface area contributed by atoms with Crippen LogP contribution >= 0.6 is 11.6 Å². The number of alkyl halides is 1. The molecule has 1 unspecified atom stereocenters. The summed E-state index contributed by atoms with van der Waals surface area (Å²) in [5.41, 5.74) is 0.586. The van der Waals surface area contributed by atoms with Gasteiger partial charge in [0, 0.05) is 13.7 Å². The molecular weight excluding hydrogens is 232 g/mol. The number of rotatable bonds is 5. The normalized spacial score (nSPS) is 12.9. The van der Waals surface area contributed by atoms with Crippen LogP contribution in [0.2, 0.25) is 0 Å². The summed E-state index contributed by atoms with van der Waals surface area (Å²) in [4.78, 5) is 4.01. The van der Waals surface area contributed by atoms with Gasteiger partial charge in [-0.1, -0.05) is 0 Å². The fourth-order valence-electron chi connectivity index (χ4n) is 1.25. The first-order valence-corrected chi connectivity index (χ1v) is 5.14.